The third kappa shape index (κ3) is 5.25. The number of nitrogens with two attached hydrogens (primary N) is 1. The van der Waals surface area contributed by atoms with Crippen LogP contribution in [0.2, 0.25) is 0 Å². The zero-order valence-electron chi connectivity index (χ0n) is 12.3. The van der Waals surface area contributed by atoms with Gasteiger partial charge in [0.15, 0.2) is 0 Å². The molecule has 0 aliphatic carbocycles. The summed E-state index contributed by atoms with van der Waals surface area (Å²) < 4.78 is 10.9. The van der Waals surface area contributed by atoms with Crippen molar-refractivity contribution in [2.24, 2.45) is 0 Å². The van der Waals surface area contributed by atoms with Gasteiger partial charge in [-0.05, 0) is 32.3 Å². The van der Waals surface area contributed by atoms with Crippen molar-refractivity contribution in [2.45, 2.75) is 32.8 Å². The fourth-order valence-electron chi connectivity index (χ4n) is 1.77. The molecule has 6 heteroatoms. The Bertz CT molecular complexity index is 561. The quantitative estimate of drug-likeness (QED) is 0.787. The summed E-state index contributed by atoms with van der Waals surface area (Å²) in [4.78, 5) is 11.9. The number of anilines is 1. The van der Waals surface area contributed by atoms with Crippen LogP contribution in [0.5, 0.6) is 12.0 Å². The van der Waals surface area contributed by atoms with Crippen LogP contribution in [0, 0.1) is 0 Å². The number of nitrogens with zero attached hydrogens (tertiary/aromatic N) is 3. The van der Waals surface area contributed by atoms with E-state index in [0.717, 1.165) is 12.8 Å². The molecule has 112 valence electrons. The van der Waals surface area contributed by atoms with E-state index in [4.69, 9.17) is 15.2 Å². The van der Waals surface area contributed by atoms with Gasteiger partial charge in [0.1, 0.15) is 0 Å². The van der Waals surface area contributed by atoms with Crippen molar-refractivity contribution in [1.82, 2.24) is 15.0 Å². The van der Waals surface area contributed by atoms with Gasteiger partial charge in [-0.25, -0.2) is 0 Å². The summed E-state index contributed by atoms with van der Waals surface area (Å²) in [6.07, 6.45) is 1.78. The molecule has 0 spiro atoms. The first-order chi connectivity index (χ1) is 10.1. The maximum absolute atomic E-state index is 5.61. The Morgan fingerprint density at radius 3 is 2.48 bits per heavy atom. The van der Waals surface area contributed by atoms with Gasteiger partial charge in [0.2, 0.25) is 5.95 Å². The van der Waals surface area contributed by atoms with Crippen molar-refractivity contribution in [3.05, 3.63) is 35.9 Å². The van der Waals surface area contributed by atoms with Gasteiger partial charge < -0.3 is 15.2 Å². The number of benzene rings is 1. The minimum Gasteiger partial charge on any atom is -0.463 e. The van der Waals surface area contributed by atoms with Crippen LogP contribution in [0.15, 0.2) is 30.3 Å². The van der Waals surface area contributed by atoms with Crippen LogP contribution < -0.4 is 15.2 Å². The lowest BCUT2D eigenvalue weighted by molar-refractivity contribution is 0.213. The second-order valence-corrected chi connectivity index (χ2v) is 4.86. The van der Waals surface area contributed by atoms with Crippen LogP contribution in [0.4, 0.5) is 5.95 Å². The topological polar surface area (TPSA) is 83.2 Å². The molecule has 0 radical (unpaired) electrons. The van der Waals surface area contributed by atoms with E-state index >= 15 is 0 Å². The zero-order valence-corrected chi connectivity index (χ0v) is 12.3. The normalized spacial score (nSPS) is 10.6. The molecule has 0 amide bonds. The maximum Gasteiger partial charge on any atom is 0.324 e. The van der Waals surface area contributed by atoms with E-state index in [1.807, 2.05) is 32.0 Å². The largest absolute Gasteiger partial charge is 0.463 e. The van der Waals surface area contributed by atoms with E-state index in [0.29, 0.717) is 6.61 Å². The van der Waals surface area contributed by atoms with Gasteiger partial charge in [-0.15, -0.1) is 4.98 Å². The number of hydrogen-bond donors (Lipinski definition) is 1. The molecule has 21 heavy (non-hydrogen) atoms. The molecule has 0 saturated heterocycles. The average molecular weight is 288 g/mol. The van der Waals surface area contributed by atoms with Gasteiger partial charge in [-0.3, -0.25) is 0 Å². The summed E-state index contributed by atoms with van der Waals surface area (Å²) in [5.74, 6) is 0.0960. The highest BCUT2D eigenvalue weighted by atomic mass is 16.5. The van der Waals surface area contributed by atoms with Crippen molar-refractivity contribution < 1.29 is 9.47 Å². The first-order valence-corrected chi connectivity index (χ1v) is 6.98. The molecule has 1 aromatic carbocycles. The first-order valence-electron chi connectivity index (χ1n) is 6.98. The third-order valence-electron chi connectivity index (χ3n) is 2.64. The van der Waals surface area contributed by atoms with Crippen molar-refractivity contribution in [2.75, 3.05) is 12.3 Å². The summed E-state index contributed by atoms with van der Waals surface area (Å²) >= 11 is 0. The molecule has 0 atom stereocenters. The van der Waals surface area contributed by atoms with Crippen LogP contribution >= 0.6 is 0 Å². The predicted octanol–water partition coefficient (Wildman–Crippen LogP) is 2.25. The van der Waals surface area contributed by atoms with Crippen LogP contribution in [0.1, 0.15) is 25.8 Å². The Labute approximate surface area is 124 Å². The number of nitrogen functional groups attached to an aromatic ring is 1. The Hall–Kier alpha value is -2.37. The number of aryl methyl sites for hydroxylation is 1. The van der Waals surface area contributed by atoms with E-state index in [-0.39, 0.29) is 24.1 Å². The second kappa shape index (κ2) is 7.42. The molecule has 2 aromatic rings. The van der Waals surface area contributed by atoms with E-state index in [9.17, 15) is 0 Å². The van der Waals surface area contributed by atoms with Crippen LogP contribution in [0.25, 0.3) is 0 Å². The number of hydrogen-bond acceptors (Lipinski definition) is 6. The van der Waals surface area contributed by atoms with Gasteiger partial charge in [0.25, 0.3) is 0 Å². The van der Waals surface area contributed by atoms with E-state index in [2.05, 4.69) is 27.1 Å². The summed E-state index contributed by atoms with van der Waals surface area (Å²) in [5.41, 5.74) is 6.89. The minimum atomic E-state index is -0.0299. The summed E-state index contributed by atoms with van der Waals surface area (Å²) in [6, 6.07) is 10.6. The SMILES string of the molecule is CC(C)Oc1nc(N)nc(OCCCc2ccccc2)n1. The van der Waals surface area contributed by atoms with Crippen LogP contribution in [-0.2, 0) is 6.42 Å². The zero-order chi connectivity index (χ0) is 15.1. The first kappa shape index (κ1) is 15.0. The van der Waals surface area contributed by atoms with Crippen molar-refractivity contribution in [1.29, 1.82) is 0 Å². The van der Waals surface area contributed by atoms with Crippen molar-refractivity contribution in [3.8, 4) is 12.0 Å². The number of rotatable bonds is 7. The molecule has 6 nitrogen and oxygen atoms in total. The smallest absolute Gasteiger partial charge is 0.324 e. The van der Waals surface area contributed by atoms with E-state index < -0.39 is 0 Å². The monoisotopic (exact) mass is 288 g/mol. The fourth-order valence-corrected chi connectivity index (χ4v) is 1.77. The molecule has 0 bridgehead atoms. The Morgan fingerprint density at radius 2 is 1.76 bits per heavy atom. The molecule has 2 N–H and O–H groups in total. The molecule has 0 aliphatic heterocycles. The maximum atomic E-state index is 5.61. The Kier molecular flexibility index (Phi) is 5.31. The number of ether oxygens (including phenoxy) is 2. The van der Waals surface area contributed by atoms with Crippen molar-refractivity contribution in [3.63, 3.8) is 0 Å². The molecule has 0 fully saturated rings. The fraction of sp³-hybridized carbons (Fsp3) is 0.400. The molecule has 0 unspecified atom stereocenters. The Morgan fingerprint density at radius 1 is 1.05 bits per heavy atom. The summed E-state index contributed by atoms with van der Waals surface area (Å²) in [7, 11) is 0. The van der Waals surface area contributed by atoms with E-state index in [1.54, 1.807) is 0 Å². The minimum absolute atomic E-state index is 0.0299. The van der Waals surface area contributed by atoms with Gasteiger partial charge in [0.05, 0.1) is 12.7 Å². The molecule has 1 aromatic heterocycles. The molecule has 0 saturated carbocycles. The van der Waals surface area contributed by atoms with Gasteiger partial charge in [-0.2, -0.15) is 9.97 Å². The van der Waals surface area contributed by atoms with Gasteiger partial charge >= 0.3 is 12.0 Å². The summed E-state index contributed by atoms with van der Waals surface area (Å²) in [6.45, 7) is 4.29. The van der Waals surface area contributed by atoms with Gasteiger partial charge in [-0.1, -0.05) is 30.3 Å². The molecular weight excluding hydrogens is 268 g/mol. The lowest BCUT2D eigenvalue weighted by Gasteiger charge is -2.09. The predicted molar refractivity (Wildman–Crippen MR) is 80.3 cm³/mol. The average Bonchev–Trinajstić information content (AvgIpc) is 2.43. The third-order valence-corrected chi connectivity index (χ3v) is 2.64. The highest BCUT2D eigenvalue weighted by molar-refractivity contribution is 5.20. The lowest BCUT2D eigenvalue weighted by Crippen LogP contribution is -2.12. The summed E-state index contributed by atoms with van der Waals surface area (Å²) in [5, 5.41) is 0. The Balaban J connectivity index is 1.84. The van der Waals surface area contributed by atoms with Gasteiger partial charge in [0, 0.05) is 0 Å². The van der Waals surface area contributed by atoms with Crippen LogP contribution in [-0.4, -0.2) is 27.7 Å². The van der Waals surface area contributed by atoms with E-state index in [1.165, 1.54) is 5.56 Å². The molecule has 0 aliphatic rings. The highest BCUT2D eigenvalue weighted by Crippen LogP contribution is 2.12. The molecule has 2 rings (SSSR count). The van der Waals surface area contributed by atoms with Crippen LogP contribution in [0.3, 0.4) is 0 Å². The molecule has 1 heterocycles. The van der Waals surface area contributed by atoms with Crippen molar-refractivity contribution >= 4 is 5.95 Å². The standard InChI is InChI=1S/C15H20N4O2/c1-11(2)21-15-18-13(16)17-14(19-15)20-10-6-9-12-7-4-3-5-8-12/h3-5,7-8,11H,6,9-10H2,1-2H3,(H2,16,17,18,19). The molecular formula is C15H20N4O2. The lowest BCUT2D eigenvalue weighted by atomic mass is 10.1. The number of aromatic nitrogens is 3. The highest BCUT2D eigenvalue weighted by Gasteiger charge is 2.08. The second-order valence-electron chi connectivity index (χ2n) is 4.86.